The van der Waals surface area contributed by atoms with E-state index in [1.807, 2.05) is 0 Å². The van der Waals surface area contributed by atoms with Crippen molar-refractivity contribution in [2.45, 2.75) is 49.0 Å². The molecule has 10 heteroatoms. The highest BCUT2D eigenvalue weighted by Crippen LogP contribution is 2.32. The van der Waals surface area contributed by atoms with Gasteiger partial charge in [0.15, 0.2) is 4.34 Å². The Bertz CT molecular complexity index is 791. The fraction of sp³-hybridized carbons (Fsp3) is 0.619. The van der Waals surface area contributed by atoms with Crippen LogP contribution in [-0.2, 0) is 6.18 Å². The number of hydrogen-bond acceptors (Lipinski definition) is 7. The Labute approximate surface area is 190 Å². The molecular weight excluding hydrogens is 443 g/mol. The third-order valence-corrected chi connectivity index (χ3v) is 7.40. The molecule has 0 aliphatic carbocycles. The van der Waals surface area contributed by atoms with Crippen molar-refractivity contribution in [1.82, 2.24) is 15.1 Å². The first-order valence-corrected chi connectivity index (χ1v) is 12.6. The lowest BCUT2D eigenvalue weighted by Gasteiger charge is -2.36. The second-order valence-electron chi connectivity index (χ2n) is 7.75. The molecule has 0 saturated carbocycles. The van der Waals surface area contributed by atoms with Crippen LogP contribution in [0.2, 0.25) is 0 Å². The molecule has 3 rings (SSSR count). The van der Waals surface area contributed by atoms with Crippen LogP contribution in [0.1, 0.15) is 44.1 Å². The summed E-state index contributed by atoms with van der Waals surface area (Å²) in [4.78, 5) is 4.48. The minimum atomic E-state index is -4.29. The van der Waals surface area contributed by atoms with Crippen LogP contribution in [-0.4, -0.2) is 53.6 Å². The van der Waals surface area contributed by atoms with E-state index in [0.717, 1.165) is 48.9 Å². The third-order valence-electron chi connectivity index (χ3n) is 5.43. The van der Waals surface area contributed by atoms with Crippen molar-refractivity contribution in [2.24, 2.45) is 0 Å². The molecule has 0 atom stereocenters. The number of halogens is 3. The van der Waals surface area contributed by atoms with Crippen LogP contribution in [0.3, 0.4) is 0 Å². The minimum absolute atomic E-state index is 0.527. The first-order valence-electron chi connectivity index (χ1n) is 10.8. The number of thioether (sulfide) groups is 1. The lowest BCUT2D eigenvalue weighted by Crippen LogP contribution is -2.46. The molecule has 1 aromatic carbocycles. The Morgan fingerprint density at radius 2 is 1.68 bits per heavy atom. The average molecular weight is 474 g/mol. The minimum Gasteiger partial charge on any atom is -0.374 e. The van der Waals surface area contributed by atoms with Gasteiger partial charge in [0.1, 0.15) is 0 Å². The van der Waals surface area contributed by atoms with Gasteiger partial charge in [0.25, 0.3) is 0 Å². The lowest BCUT2D eigenvalue weighted by molar-refractivity contribution is -0.137. The van der Waals surface area contributed by atoms with Gasteiger partial charge in [-0.25, -0.2) is 0 Å². The SMILES string of the molecule is Nc1nnc(SCCCCCCCCN2CCN(c3cccc(C(F)(F)F)c3)CC2)s1. The molecule has 0 bridgehead atoms. The zero-order valence-corrected chi connectivity index (χ0v) is 19.2. The molecule has 0 unspecified atom stereocenters. The van der Waals surface area contributed by atoms with Crippen LogP contribution in [0, 0.1) is 0 Å². The number of nitrogens with zero attached hydrogens (tertiary/aromatic N) is 4. The Hall–Kier alpha value is -1.52. The summed E-state index contributed by atoms with van der Waals surface area (Å²) >= 11 is 3.17. The summed E-state index contributed by atoms with van der Waals surface area (Å²) in [7, 11) is 0. The van der Waals surface area contributed by atoms with Crippen molar-refractivity contribution in [3.05, 3.63) is 29.8 Å². The molecule has 1 aliphatic rings. The molecule has 1 fully saturated rings. The number of alkyl halides is 3. The maximum Gasteiger partial charge on any atom is 0.416 e. The molecular formula is C21H30F3N5S2. The van der Waals surface area contributed by atoms with Gasteiger partial charge in [-0.15, -0.1) is 10.2 Å². The average Bonchev–Trinajstić information content (AvgIpc) is 3.17. The summed E-state index contributed by atoms with van der Waals surface area (Å²) in [5, 5.41) is 8.35. The topological polar surface area (TPSA) is 58.3 Å². The molecule has 1 aliphatic heterocycles. The smallest absolute Gasteiger partial charge is 0.374 e. The van der Waals surface area contributed by atoms with E-state index in [-0.39, 0.29) is 0 Å². The van der Waals surface area contributed by atoms with E-state index in [0.29, 0.717) is 10.8 Å². The number of anilines is 2. The van der Waals surface area contributed by atoms with Gasteiger partial charge in [-0.2, -0.15) is 13.2 Å². The highest BCUT2D eigenvalue weighted by molar-refractivity contribution is 8.01. The normalized spacial score (nSPS) is 15.5. The first kappa shape index (κ1) is 24.1. The molecule has 1 saturated heterocycles. The van der Waals surface area contributed by atoms with Gasteiger partial charge in [-0.1, -0.05) is 54.8 Å². The van der Waals surface area contributed by atoms with E-state index < -0.39 is 11.7 Å². The van der Waals surface area contributed by atoms with Gasteiger partial charge in [0.05, 0.1) is 5.56 Å². The maximum atomic E-state index is 12.9. The van der Waals surface area contributed by atoms with Crippen LogP contribution in [0.25, 0.3) is 0 Å². The van der Waals surface area contributed by atoms with E-state index in [2.05, 4.69) is 20.0 Å². The number of piperazine rings is 1. The lowest BCUT2D eigenvalue weighted by atomic mass is 10.1. The standard InChI is InChI=1S/C21H30F3N5S2/c22-21(23,24)17-8-7-9-18(16-17)29-13-11-28(12-14-29)10-5-3-1-2-4-6-15-30-20-27-26-19(25)31-20/h7-9,16H,1-6,10-15H2,(H2,25,26). The Kier molecular flexibility index (Phi) is 9.28. The molecule has 1 aromatic heterocycles. The third kappa shape index (κ3) is 8.16. The summed E-state index contributed by atoms with van der Waals surface area (Å²) in [6.45, 7) is 4.44. The van der Waals surface area contributed by atoms with E-state index in [1.54, 1.807) is 17.8 Å². The van der Waals surface area contributed by atoms with Crippen LogP contribution < -0.4 is 10.6 Å². The molecule has 2 aromatic rings. The van der Waals surface area contributed by atoms with E-state index >= 15 is 0 Å². The Balaban J connectivity index is 1.22. The predicted octanol–water partition coefficient (Wildman–Crippen LogP) is 5.39. The zero-order chi connectivity index (χ0) is 22.1. The van der Waals surface area contributed by atoms with Gasteiger partial charge in [-0.05, 0) is 37.6 Å². The summed E-state index contributed by atoms with van der Waals surface area (Å²) in [6, 6.07) is 5.66. The second kappa shape index (κ2) is 11.9. The molecule has 0 radical (unpaired) electrons. The van der Waals surface area contributed by atoms with Crippen molar-refractivity contribution in [2.75, 3.05) is 49.1 Å². The van der Waals surface area contributed by atoms with Gasteiger partial charge in [0, 0.05) is 37.6 Å². The van der Waals surface area contributed by atoms with Gasteiger partial charge in [0.2, 0.25) is 5.13 Å². The Morgan fingerprint density at radius 3 is 2.35 bits per heavy atom. The fourth-order valence-corrected chi connectivity index (χ4v) is 5.40. The van der Waals surface area contributed by atoms with Gasteiger partial charge >= 0.3 is 6.18 Å². The molecule has 2 N–H and O–H groups in total. The summed E-state index contributed by atoms with van der Waals surface area (Å²) < 4.78 is 39.7. The number of aromatic nitrogens is 2. The van der Waals surface area contributed by atoms with Crippen LogP contribution in [0.15, 0.2) is 28.6 Å². The van der Waals surface area contributed by atoms with Gasteiger partial charge in [-0.3, -0.25) is 4.90 Å². The van der Waals surface area contributed by atoms with E-state index in [9.17, 15) is 13.2 Å². The predicted molar refractivity (Wildman–Crippen MR) is 123 cm³/mol. The first-order chi connectivity index (χ1) is 14.9. The van der Waals surface area contributed by atoms with E-state index in [4.69, 9.17) is 5.73 Å². The van der Waals surface area contributed by atoms with Crippen molar-refractivity contribution in [1.29, 1.82) is 0 Å². The van der Waals surface area contributed by atoms with Crippen molar-refractivity contribution in [3.8, 4) is 0 Å². The van der Waals surface area contributed by atoms with Crippen LogP contribution in [0.5, 0.6) is 0 Å². The summed E-state index contributed by atoms with van der Waals surface area (Å²) in [6.07, 6.45) is 3.04. The quantitative estimate of drug-likeness (QED) is 0.349. The number of nitrogens with two attached hydrogens (primary N) is 1. The summed E-state index contributed by atoms with van der Waals surface area (Å²) in [5.41, 5.74) is 5.67. The van der Waals surface area contributed by atoms with Crippen molar-refractivity contribution in [3.63, 3.8) is 0 Å². The summed E-state index contributed by atoms with van der Waals surface area (Å²) in [5.74, 6) is 1.06. The highest BCUT2D eigenvalue weighted by atomic mass is 32.2. The largest absolute Gasteiger partial charge is 0.416 e. The molecule has 2 heterocycles. The Morgan fingerprint density at radius 1 is 0.968 bits per heavy atom. The second-order valence-corrected chi connectivity index (χ2v) is 10.1. The molecule has 0 spiro atoms. The number of nitrogen functional groups attached to an aromatic ring is 1. The molecule has 0 amide bonds. The zero-order valence-electron chi connectivity index (χ0n) is 17.6. The number of hydrogen-bond donors (Lipinski definition) is 1. The monoisotopic (exact) mass is 473 g/mol. The number of benzene rings is 1. The molecule has 172 valence electrons. The molecule has 31 heavy (non-hydrogen) atoms. The van der Waals surface area contributed by atoms with Crippen LogP contribution in [0.4, 0.5) is 24.0 Å². The van der Waals surface area contributed by atoms with Crippen molar-refractivity contribution >= 4 is 33.9 Å². The number of unbranched alkanes of at least 4 members (excludes halogenated alkanes) is 5. The fourth-order valence-electron chi connectivity index (χ4n) is 3.69. The molecule has 5 nitrogen and oxygen atoms in total. The van der Waals surface area contributed by atoms with Crippen molar-refractivity contribution < 1.29 is 13.2 Å². The highest BCUT2D eigenvalue weighted by Gasteiger charge is 2.31. The van der Waals surface area contributed by atoms with Gasteiger partial charge < -0.3 is 10.6 Å². The van der Waals surface area contributed by atoms with Crippen LogP contribution >= 0.6 is 23.1 Å². The number of rotatable bonds is 11. The van der Waals surface area contributed by atoms with E-state index in [1.165, 1.54) is 62.0 Å². The maximum absolute atomic E-state index is 12.9.